The second-order valence-corrected chi connectivity index (χ2v) is 8.69. The van der Waals surface area contributed by atoms with Crippen LogP contribution in [0, 0.1) is 5.41 Å². The summed E-state index contributed by atoms with van der Waals surface area (Å²) in [5.41, 5.74) is 1.17. The number of pyridine rings is 1. The monoisotopic (exact) mass is 436 g/mol. The summed E-state index contributed by atoms with van der Waals surface area (Å²) in [7, 11) is 1.63. The lowest BCUT2D eigenvalue weighted by atomic mass is 9.75. The van der Waals surface area contributed by atoms with E-state index in [1.807, 2.05) is 41.3 Å². The first-order chi connectivity index (χ1) is 15.6. The van der Waals surface area contributed by atoms with E-state index in [4.69, 9.17) is 4.74 Å². The highest BCUT2D eigenvalue weighted by Crippen LogP contribution is 2.44. The molecule has 2 saturated heterocycles. The van der Waals surface area contributed by atoms with Gasteiger partial charge in [0.2, 0.25) is 11.8 Å². The maximum atomic E-state index is 13.5. The molecular weight excluding hydrogens is 404 g/mol. The molecule has 1 aromatic heterocycles. The predicted octanol–water partition coefficient (Wildman–Crippen LogP) is 2.97. The minimum absolute atomic E-state index is 0.0496. The van der Waals surface area contributed by atoms with E-state index in [1.54, 1.807) is 19.5 Å². The van der Waals surface area contributed by atoms with Crippen molar-refractivity contribution in [2.75, 3.05) is 38.6 Å². The molecular formula is C25H32N4O3. The Morgan fingerprint density at radius 2 is 2.03 bits per heavy atom. The van der Waals surface area contributed by atoms with Crippen LogP contribution in [-0.4, -0.2) is 65.9 Å². The lowest BCUT2D eigenvalue weighted by Crippen LogP contribution is -2.47. The van der Waals surface area contributed by atoms with Gasteiger partial charge in [-0.15, -0.1) is 0 Å². The summed E-state index contributed by atoms with van der Waals surface area (Å²) in [4.78, 5) is 35.1. The van der Waals surface area contributed by atoms with Gasteiger partial charge in [-0.3, -0.25) is 19.5 Å². The number of hydrogen-bond donors (Lipinski definition) is 1. The summed E-state index contributed by atoms with van der Waals surface area (Å²) in [5, 5.41) is 3.10. The van der Waals surface area contributed by atoms with Crippen molar-refractivity contribution in [1.82, 2.24) is 14.8 Å². The fourth-order valence-electron chi connectivity index (χ4n) is 5.26. The van der Waals surface area contributed by atoms with Gasteiger partial charge in [0.05, 0.1) is 30.8 Å². The SMILES string of the molecule is CCN1CC[C@]2(C(=O)Nc3cccnc3)CCN(C(=O)Cc3cccc(OC)c3)CC[C@H]12. The van der Waals surface area contributed by atoms with Crippen molar-refractivity contribution in [2.45, 2.75) is 38.6 Å². The van der Waals surface area contributed by atoms with Crippen LogP contribution in [0.15, 0.2) is 48.8 Å². The average molecular weight is 437 g/mol. The summed E-state index contributed by atoms with van der Waals surface area (Å²) in [5.74, 6) is 0.906. The fourth-order valence-corrected chi connectivity index (χ4v) is 5.26. The Bertz CT molecular complexity index is 951. The Morgan fingerprint density at radius 3 is 2.78 bits per heavy atom. The van der Waals surface area contributed by atoms with Crippen LogP contribution in [0.5, 0.6) is 5.75 Å². The maximum absolute atomic E-state index is 13.5. The summed E-state index contributed by atoms with van der Waals surface area (Å²) in [6.07, 6.45) is 6.01. The van der Waals surface area contributed by atoms with Gasteiger partial charge in [0, 0.05) is 25.3 Å². The van der Waals surface area contributed by atoms with Crippen LogP contribution < -0.4 is 10.1 Å². The first-order valence-electron chi connectivity index (χ1n) is 11.4. The van der Waals surface area contributed by atoms with E-state index in [0.717, 1.165) is 42.9 Å². The van der Waals surface area contributed by atoms with Crippen LogP contribution in [0.25, 0.3) is 0 Å². The van der Waals surface area contributed by atoms with Crippen LogP contribution in [0.3, 0.4) is 0 Å². The number of likely N-dealkylation sites (tertiary alicyclic amines) is 2. The molecule has 0 radical (unpaired) electrons. The van der Waals surface area contributed by atoms with Crippen LogP contribution in [-0.2, 0) is 16.0 Å². The van der Waals surface area contributed by atoms with E-state index < -0.39 is 5.41 Å². The Hall–Kier alpha value is -2.93. The Morgan fingerprint density at radius 1 is 1.19 bits per heavy atom. The van der Waals surface area contributed by atoms with Crippen LogP contribution in [0.1, 0.15) is 31.7 Å². The molecule has 170 valence electrons. The zero-order chi connectivity index (χ0) is 22.6. The molecule has 0 saturated carbocycles. The summed E-state index contributed by atoms with van der Waals surface area (Å²) >= 11 is 0. The highest BCUT2D eigenvalue weighted by molar-refractivity contribution is 5.96. The average Bonchev–Trinajstić information content (AvgIpc) is 3.06. The van der Waals surface area contributed by atoms with E-state index in [1.165, 1.54) is 0 Å². The molecule has 2 aromatic rings. The molecule has 0 unspecified atom stereocenters. The number of nitrogens with zero attached hydrogens (tertiary/aromatic N) is 3. The van der Waals surface area contributed by atoms with E-state index in [9.17, 15) is 9.59 Å². The van der Waals surface area contributed by atoms with Crippen molar-refractivity contribution in [2.24, 2.45) is 5.41 Å². The normalized spacial score (nSPS) is 23.3. The third-order valence-electron chi connectivity index (χ3n) is 7.04. The zero-order valence-electron chi connectivity index (χ0n) is 18.9. The molecule has 0 spiro atoms. The van der Waals surface area contributed by atoms with Crippen molar-refractivity contribution in [3.63, 3.8) is 0 Å². The Labute approximate surface area is 189 Å². The molecule has 32 heavy (non-hydrogen) atoms. The number of anilines is 1. The lowest BCUT2D eigenvalue weighted by Gasteiger charge is -2.35. The number of benzene rings is 1. The minimum Gasteiger partial charge on any atom is -0.497 e. The highest BCUT2D eigenvalue weighted by Gasteiger charge is 2.53. The standard InChI is InChI=1S/C25H32N4O3/c1-3-28-14-10-25(24(31)27-20-7-5-12-26-18-20)11-15-29(13-9-22(25)28)23(30)17-19-6-4-8-21(16-19)32-2/h4-8,12,16,18,22H,3,9-11,13-15,17H2,1-2H3,(H,27,31)/t22-,25-/m0/s1. The van der Waals surface area contributed by atoms with Gasteiger partial charge in [-0.05, 0) is 62.2 Å². The van der Waals surface area contributed by atoms with Gasteiger partial charge in [0.1, 0.15) is 5.75 Å². The van der Waals surface area contributed by atoms with Gasteiger partial charge in [-0.1, -0.05) is 19.1 Å². The molecule has 3 heterocycles. The second kappa shape index (κ2) is 9.69. The van der Waals surface area contributed by atoms with Gasteiger partial charge in [-0.25, -0.2) is 0 Å². The van der Waals surface area contributed by atoms with Gasteiger partial charge in [-0.2, -0.15) is 0 Å². The highest BCUT2D eigenvalue weighted by atomic mass is 16.5. The molecule has 1 N–H and O–H groups in total. The molecule has 2 aliphatic heterocycles. The number of nitrogens with one attached hydrogen (secondary N) is 1. The fraction of sp³-hybridized carbons (Fsp3) is 0.480. The van der Waals surface area contributed by atoms with Crippen LogP contribution in [0.2, 0.25) is 0 Å². The molecule has 4 rings (SSSR count). The summed E-state index contributed by atoms with van der Waals surface area (Å²) in [6.45, 7) is 5.23. The number of methoxy groups -OCH3 is 1. The maximum Gasteiger partial charge on any atom is 0.232 e. The largest absolute Gasteiger partial charge is 0.497 e. The number of amides is 2. The van der Waals surface area contributed by atoms with Gasteiger partial charge >= 0.3 is 0 Å². The van der Waals surface area contributed by atoms with Crippen LogP contribution >= 0.6 is 0 Å². The quantitative estimate of drug-likeness (QED) is 0.754. The third kappa shape index (κ3) is 4.48. The summed E-state index contributed by atoms with van der Waals surface area (Å²) < 4.78 is 5.29. The van der Waals surface area contributed by atoms with Gasteiger partial charge < -0.3 is 15.0 Å². The van der Waals surface area contributed by atoms with Crippen molar-refractivity contribution < 1.29 is 14.3 Å². The van der Waals surface area contributed by atoms with Crippen molar-refractivity contribution in [1.29, 1.82) is 0 Å². The molecule has 2 aliphatic rings. The number of fused-ring (bicyclic) bond motifs is 1. The van der Waals surface area contributed by atoms with Crippen LogP contribution in [0.4, 0.5) is 5.69 Å². The number of aromatic nitrogens is 1. The van der Waals surface area contributed by atoms with E-state index in [-0.39, 0.29) is 17.9 Å². The van der Waals surface area contributed by atoms with E-state index in [2.05, 4.69) is 22.1 Å². The van der Waals surface area contributed by atoms with Crippen molar-refractivity contribution >= 4 is 17.5 Å². The number of carbonyl (C=O) groups excluding carboxylic acids is 2. The number of ether oxygens (including phenoxy) is 1. The topological polar surface area (TPSA) is 74.8 Å². The number of carbonyl (C=O) groups is 2. The molecule has 2 amide bonds. The third-order valence-corrected chi connectivity index (χ3v) is 7.04. The molecule has 7 heteroatoms. The molecule has 1 aromatic carbocycles. The lowest BCUT2D eigenvalue weighted by molar-refractivity contribution is -0.131. The minimum atomic E-state index is -0.489. The van der Waals surface area contributed by atoms with Crippen molar-refractivity contribution in [3.8, 4) is 5.75 Å². The first kappa shape index (κ1) is 22.3. The predicted molar refractivity (Wildman–Crippen MR) is 123 cm³/mol. The molecule has 0 bridgehead atoms. The summed E-state index contributed by atoms with van der Waals surface area (Å²) in [6, 6.07) is 11.5. The second-order valence-electron chi connectivity index (χ2n) is 8.69. The van der Waals surface area contributed by atoms with Crippen molar-refractivity contribution in [3.05, 3.63) is 54.4 Å². The number of rotatable bonds is 6. The molecule has 7 nitrogen and oxygen atoms in total. The zero-order valence-corrected chi connectivity index (χ0v) is 18.9. The van der Waals surface area contributed by atoms with E-state index in [0.29, 0.717) is 25.9 Å². The smallest absolute Gasteiger partial charge is 0.232 e. The molecule has 2 fully saturated rings. The first-order valence-corrected chi connectivity index (χ1v) is 11.4. The Kier molecular flexibility index (Phi) is 6.74. The Balaban J connectivity index is 1.50. The molecule has 0 aliphatic carbocycles. The van der Waals surface area contributed by atoms with E-state index >= 15 is 0 Å². The number of hydrogen-bond acceptors (Lipinski definition) is 5. The van der Waals surface area contributed by atoms with Gasteiger partial charge in [0.15, 0.2) is 0 Å². The molecule has 2 atom stereocenters. The van der Waals surface area contributed by atoms with Gasteiger partial charge in [0.25, 0.3) is 0 Å².